The Morgan fingerprint density at radius 2 is 1.56 bits per heavy atom. The van der Waals surface area contributed by atoms with Crippen LogP contribution in [0.15, 0.2) is 72.8 Å². The Morgan fingerprint density at radius 1 is 0.878 bits per heavy atom. The van der Waals surface area contributed by atoms with Crippen molar-refractivity contribution in [1.29, 1.82) is 0 Å². The molecule has 1 heterocycles. The third-order valence-electron chi connectivity index (χ3n) is 7.73. The van der Waals surface area contributed by atoms with Gasteiger partial charge in [0.1, 0.15) is 11.9 Å². The molecule has 0 spiro atoms. The maximum Gasteiger partial charge on any atom is 0.411 e. The largest absolute Gasteiger partial charge is 0.506 e. The van der Waals surface area contributed by atoms with E-state index in [0.717, 1.165) is 67.9 Å². The highest BCUT2D eigenvalue weighted by Gasteiger charge is 2.22. The number of hydrogen-bond acceptors (Lipinski definition) is 5. The minimum Gasteiger partial charge on any atom is -0.506 e. The van der Waals surface area contributed by atoms with Gasteiger partial charge >= 0.3 is 6.09 Å². The fraction of sp³-hybridized carbons (Fsp3) is 0.441. The number of ether oxygens (including phenoxy) is 1. The Balaban J connectivity index is 0.997. The number of piperidine rings is 1. The quantitative estimate of drug-likeness (QED) is 0.159. The summed E-state index contributed by atoms with van der Waals surface area (Å²) >= 11 is 5.96. The van der Waals surface area contributed by atoms with Crippen LogP contribution in [0, 0.1) is 0 Å². The lowest BCUT2D eigenvalue weighted by Gasteiger charge is -2.31. The highest BCUT2D eigenvalue weighted by molar-refractivity contribution is 6.32. The number of halogens is 1. The molecule has 1 saturated heterocycles. The molecule has 1 fully saturated rings. The van der Waals surface area contributed by atoms with Gasteiger partial charge in [-0.05, 0) is 68.1 Å². The zero-order chi connectivity index (χ0) is 28.7. The third-order valence-corrected chi connectivity index (χ3v) is 8.03. The molecular weight excluding hydrogens is 534 g/mol. The van der Waals surface area contributed by atoms with Crippen molar-refractivity contribution in [2.75, 3.05) is 31.5 Å². The lowest BCUT2D eigenvalue weighted by molar-refractivity contribution is 0.0585. The van der Waals surface area contributed by atoms with Crippen LogP contribution in [-0.4, -0.2) is 48.4 Å². The Hall–Kier alpha value is -3.06. The van der Waals surface area contributed by atoms with E-state index in [2.05, 4.69) is 15.5 Å². The zero-order valence-electron chi connectivity index (χ0n) is 24.0. The number of phenolic OH excluding ortho intramolecular Hbond substituents is 1. The van der Waals surface area contributed by atoms with Crippen LogP contribution in [-0.2, 0) is 11.3 Å². The molecular formula is C34H44ClN3O3. The summed E-state index contributed by atoms with van der Waals surface area (Å²) in [4.78, 5) is 15.1. The molecule has 6 nitrogen and oxygen atoms in total. The van der Waals surface area contributed by atoms with E-state index < -0.39 is 0 Å². The SMILES string of the molecule is O=C(Nc1ccccc1-c1ccccc1)OC1CCN(CCCCCCCCCNCc2ccc(O)c(Cl)c2)CC1. The minimum atomic E-state index is -0.370. The fourth-order valence-electron chi connectivity index (χ4n) is 5.37. The molecule has 1 aliphatic heterocycles. The Morgan fingerprint density at radius 3 is 2.32 bits per heavy atom. The molecule has 0 radical (unpaired) electrons. The summed E-state index contributed by atoms with van der Waals surface area (Å²) in [5.74, 6) is 0.133. The van der Waals surface area contributed by atoms with E-state index in [1.54, 1.807) is 6.07 Å². The zero-order valence-corrected chi connectivity index (χ0v) is 24.7. The standard InChI is InChI=1S/C34H44ClN3O3/c35-31-25-27(17-18-33(31)39)26-36-21-11-4-2-1-3-5-12-22-38-23-19-29(20-24-38)41-34(40)37-32-16-10-9-15-30(32)28-13-7-6-8-14-28/h6-10,13-18,25,29,36,39H,1-5,11-12,19-24,26H2,(H,37,40). The Labute approximate surface area is 250 Å². The average molecular weight is 578 g/mol. The van der Waals surface area contributed by atoms with E-state index in [4.69, 9.17) is 16.3 Å². The number of carbonyl (C=O) groups excluding carboxylic acids is 1. The summed E-state index contributed by atoms with van der Waals surface area (Å²) in [5, 5.41) is 16.3. The van der Waals surface area contributed by atoms with Crippen LogP contribution in [0.1, 0.15) is 63.4 Å². The van der Waals surface area contributed by atoms with Crippen LogP contribution < -0.4 is 10.6 Å². The molecule has 3 N–H and O–H groups in total. The van der Waals surface area contributed by atoms with Gasteiger partial charge in [-0.3, -0.25) is 5.32 Å². The molecule has 0 bridgehead atoms. The van der Waals surface area contributed by atoms with E-state index in [0.29, 0.717) is 5.02 Å². The van der Waals surface area contributed by atoms with Gasteiger partial charge in [-0.1, -0.05) is 98.3 Å². The molecule has 0 aromatic heterocycles. The molecule has 3 aromatic rings. The molecule has 0 aliphatic carbocycles. The van der Waals surface area contributed by atoms with Crippen molar-refractivity contribution in [3.05, 3.63) is 83.4 Å². The number of anilines is 1. The van der Waals surface area contributed by atoms with E-state index in [9.17, 15) is 9.90 Å². The normalized spacial score (nSPS) is 14.2. The van der Waals surface area contributed by atoms with E-state index in [-0.39, 0.29) is 17.9 Å². The molecule has 41 heavy (non-hydrogen) atoms. The van der Waals surface area contributed by atoms with Crippen LogP contribution in [0.5, 0.6) is 5.75 Å². The van der Waals surface area contributed by atoms with Crippen molar-refractivity contribution in [2.45, 2.75) is 70.4 Å². The number of benzene rings is 3. The Kier molecular flexibility index (Phi) is 12.8. The topological polar surface area (TPSA) is 73.8 Å². The lowest BCUT2D eigenvalue weighted by atomic mass is 10.0. The number of nitrogens with zero attached hydrogens (tertiary/aromatic N) is 1. The number of nitrogens with one attached hydrogen (secondary N) is 2. The number of aromatic hydroxyl groups is 1. The third kappa shape index (κ3) is 10.7. The van der Waals surface area contributed by atoms with Gasteiger partial charge in [0.25, 0.3) is 0 Å². The number of unbranched alkanes of at least 4 members (excludes halogenated alkanes) is 6. The number of amides is 1. The van der Waals surface area contributed by atoms with Crippen molar-refractivity contribution in [3.63, 3.8) is 0 Å². The van der Waals surface area contributed by atoms with Crippen LogP contribution in [0.2, 0.25) is 5.02 Å². The monoisotopic (exact) mass is 577 g/mol. The van der Waals surface area contributed by atoms with Gasteiger partial charge in [0.2, 0.25) is 0 Å². The lowest BCUT2D eigenvalue weighted by Crippen LogP contribution is -2.38. The molecule has 0 saturated carbocycles. The number of carbonyl (C=O) groups is 1. The van der Waals surface area contributed by atoms with Gasteiger partial charge in [0.05, 0.1) is 10.7 Å². The molecule has 0 unspecified atom stereocenters. The highest BCUT2D eigenvalue weighted by atomic mass is 35.5. The van der Waals surface area contributed by atoms with Crippen LogP contribution in [0.3, 0.4) is 0 Å². The van der Waals surface area contributed by atoms with Crippen LogP contribution >= 0.6 is 11.6 Å². The van der Waals surface area contributed by atoms with E-state index in [1.165, 1.54) is 44.9 Å². The first kappa shape index (κ1) is 30.9. The van der Waals surface area contributed by atoms with Crippen molar-refractivity contribution < 1.29 is 14.6 Å². The fourth-order valence-corrected chi connectivity index (χ4v) is 5.57. The summed E-state index contributed by atoms with van der Waals surface area (Å²) in [6.07, 6.45) is 10.2. The van der Waals surface area contributed by atoms with Gasteiger partial charge < -0.3 is 20.1 Å². The molecule has 4 rings (SSSR count). The summed E-state index contributed by atoms with van der Waals surface area (Å²) in [6, 6.07) is 23.3. The van der Waals surface area contributed by atoms with Gasteiger partial charge in [-0.2, -0.15) is 0 Å². The number of hydrogen-bond donors (Lipinski definition) is 3. The van der Waals surface area contributed by atoms with Gasteiger partial charge in [-0.25, -0.2) is 4.79 Å². The number of phenols is 1. The molecule has 220 valence electrons. The van der Waals surface area contributed by atoms with Crippen molar-refractivity contribution >= 4 is 23.4 Å². The van der Waals surface area contributed by atoms with E-state index >= 15 is 0 Å². The first-order valence-corrected chi connectivity index (χ1v) is 15.5. The molecule has 0 atom stereocenters. The first-order chi connectivity index (χ1) is 20.1. The smallest absolute Gasteiger partial charge is 0.411 e. The maximum absolute atomic E-state index is 12.6. The van der Waals surface area contributed by atoms with E-state index in [1.807, 2.05) is 66.7 Å². The predicted octanol–water partition coefficient (Wildman–Crippen LogP) is 8.25. The maximum atomic E-state index is 12.6. The van der Waals surface area contributed by atoms with Crippen molar-refractivity contribution in [1.82, 2.24) is 10.2 Å². The minimum absolute atomic E-state index is 0.0245. The van der Waals surface area contributed by atoms with Crippen LogP contribution in [0.25, 0.3) is 11.1 Å². The second-order valence-corrected chi connectivity index (χ2v) is 11.3. The van der Waals surface area contributed by atoms with Crippen molar-refractivity contribution in [3.8, 4) is 16.9 Å². The second kappa shape index (κ2) is 17.0. The molecule has 3 aromatic carbocycles. The number of para-hydroxylation sites is 1. The first-order valence-electron chi connectivity index (χ1n) is 15.1. The van der Waals surface area contributed by atoms with Gasteiger partial charge in [-0.15, -0.1) is 0 Å². The van der Waals surface area contributed by atoms with Gasteiger partial charge in [0, 0.05) is 25.2 Å². The summed E-state index contributed by atoms with van der Waals surface area (Å²) in [6.45, 7) is 4.89. The highest BCUT2D eigenvalue weighted by Crippen LogP contribution is 2.28. The Bertz CT molecular complexity index is 1200. The number of likely N-dealkylation sites (tertiary alicyclic amines) is 1. The van der Waals surface area contributed by atoms with Gasteiger partial charge in [0.15, 0.2) is 0 Å². The molecule has 7 heteroatoms. The summed E-state index contributed by atoms with van der Waals surface area (Å²) in [7, 11) is 0. The summed E-state index contributed by atoms with van der Waals surface area (Å²) < 4.78 is 5.78. The van der Waals surface area contributed by atoms with Crippen molar-refractivity contribution in [2.24, 2.45) is 0 Å². The van der Waals surface area contributed by atoms with Crippen LogP contribution in [0.4, 0.5) is 10.5 Å². The number of rotatable bonds is 15. The molecule has 1 amide bonds. The summed E-state index contributed by atoms with van der Waals surface area (Å²) in [5.41, 5.74) is 3.92. The molecule has 1 aliphatic rings. The average Bonchev–Trinajstić information content (AvgIpc) is 2.99. The predicted molar refractivity (Wildman–Crippen MR) is 169 cm³/mol. The second-order valence-electron chi connectivity index (χ2n) is 10.9.